The fourth-order valence-corrected chi connectivity index (χ4v) is 3.86. The van der Waals surface area contributed by atoms with Crippen molar-refractivity contribution in [2.24, 2.45) is 5.73 Å². The van der Waals surface area contributed by atoms with Gasteiger partial charge < -0.3 is 10.6 Å². The molecule has 0 aromatic heterocycles. The monoisotopic (exact) mass is 286 g/mol. The van der Waals surface area contributed by atoms with Crippen molar-refractivity contribution in [3.63, 3.8) is 0 Å². The van der Waals surface area contributed by atoms with Gasteiger partial charge in [-0.05, 0) is 38.2 Å². The first-order chi connectivity index (χ1) is 9.06. The third-order valence-corrected chi connectivity index (χ3v) is 4.54. The molecule has 2 aliphatic heterocycles. The lowest BCUT2D eigenvalue weighted by atomic mass is 9.81. The first kappa shape index (κ1) is 13.1. The standard InChI is InChI=1S/C14H17ClF2N2/c15-12-4-8(16)5-13(17)14(12)19-10-2-1-3-11(19)7-9(18)6-10/h4-5,9-11H,1-3,6-7,18H2. The van der Waals surface area contributed by atoms with Crippen LogP contribution >= 0.6 is 11.6 Å². The number of benzene rings is 1. The number of nitrogens with two attached hydrogens (primary N) is 1. The zero-order valence-corrected chi connectivity index (χ0v) is 11.3. The molecule has 2 fully saturated rings. The van der Waals surface area contributed by atoms with Crippen molar-refractivity contribution >= 4 is 17.3 Å². The van der Waals surface area contributed by atoms with E-state index in [1.54, 1.807) is 0 Å². The van der Waals surface area contributed by atoms with Crippen LogP contribution in [-0.2, 0) is 0 Å². The van der Waals surface area contributed by atoms with Crippen LogP contribution in [-0.4, -0.2) is 18.1 Å². The fourth-order valence-electron chi connectivity index (χ4n) is 3.57. The van der Waals surface area contributed by atoms with E-state index in [1.165, 1.54) is 6.07 Å². The molecular weight excluding hydrogens is 270 g/mol. The molecular formula is C14H17ClF2N2. The molecule has 2 saturated heterocycles. The molecule has 0 spiro atoms. The maximum absolute atomic E-state index is 14.1. The van der Waals surface area contributed by atoms with E-state index in [1.807, 2.05) is 4.90 Å². The lowest BCUT2D eigenvalue weighted by molar-refractivity contribution is 0.269. The van der Waals surface area contributed by atoms with Crippen LogP contribution < -0.4 is 10.6 Å². The number of anilines is 1. The summed E-state index contributed by atoms with van der Waals surface area (Å²) in [6, 6.07) is 2.71. The number of hydrogen-bond acceptors (Lipinski definition) is 2. The van der Waals surface area contributed by atoms with Crippen LogP contribution in [0.3, 0.4) is 0 Å². The molecule has 2 aliphatic rings. The third-order valence-electron chi connectivity index (χ3n) is 4.25. The van der Waals surface area contributed by atoms with Gasteiger partial charge in [0, 0.05) is 24.2 Å². The highest BCUT2D eigenvalue weighted by Crippen LogP contribution is 2.41. The minimum atomic E-state index is -0.634. The molecule has 2 bridgehead atoms. The van der Waals surface area contributed by atoms with Crippen LogP contribution in [0.4, 0.5) is 14.5 Å². The Morgan fingerprint density at radius 3 is 2.37 bits per heavy atom. The molecule has 2 unspecified atom stereocenters. The van der Waals surface area contributed by atoms with E-state index in [2.05, 4.69) is 0 Å². The van der Waals surface area contributed by atoms with Gasteiger partial charge in [0.25, 0.3) is 0 Å². The van der Waals surface area contributed by atoms with Gasteiger partial charge in [-0.25, -0.2) is 8.78 Å². The summed E-state index contributed by atoms with van der Waals surface area (Å²) in [7, 11) is 0. The predicted molar refractivity (Wildman–Crippen MR) is 72.5 cm³/mol. The molecule has 0 radical (unpaired) electrons. The Morgan fingerprint density at radius 2 is 1.79 bits per heavy atom. The summed E-state index contributed by atoms with van der Waals surface area (Å²) in [6.07, 6.45) is 4.83. The molecule has 2 nitrogen and oxygen atoms in total. The molecule has 19 heavy (non-hydrogen) atoms. The molecule has 5 heteroatoms. The molecule has 0 saturated carbocycles. The number of rotatable bonds is 1. The minimum Gasteiger partial charge on any atom is -0.362 e. The van der Waals surface area contributed by atoms with Gasteiger partial charge in [-0.2, -0.15) is 0 Å². The van der Waals surface area contributed by atoms with Gasteiger partial charge in [0.05, 0.1) is 10.7 Å². The first-order valence-electron chi connectivity index (χ1n) is 6.74. The quantitative estimate of drug-likeness (QED) is 0.856. The Labute approximate surface area is 116 Å². The van der Waals surface area contributed by atoms with Crippen LogP contribution in [0.15, 0.2) is 12.1 Å². The van der Waals surface area contributed by atoms with E-state index >= 15 is 0 Å². The van der Waals surface area contributed by atoms with Crippen LogP contribution in [0.5, 0.6) is 0 Å². The molecule has 104 valence electrons. The fraction of sp³-hybridized carbons (Fsp3) is 0.571. The molecule has 3 rings (SSSR count). The number of halogens is 3. The topological polar surface area (TPSA) is 29.3 Å². The lowest BCUT2D eigenvalue weighted by Crippen LogP contribution is -2.56. The average Bonchev–Trinajstić information content (AvgIpc) is 2.28. The smallest absolute Gasteiger partial charge is 0.150 e. The van der Waals surface area contributed by atoms with E-state index in [0.29, 0.717) is 5.69 Å². The van der Waals surface area contributed by atoms with Crippen LogP contribution in [0, 0.1) is 11.6 Å². The van der Waals surface area contributed by atoms with E-state index < -0.39 is 11.6 Å². The molecule has 1 aromatic rings. The highest BCUT2D eigenvalue weighted by atomic mass is 35.5. The molecule has 2 heterocycles. The summed E-state index contributed by atoms with van der Waals surface area (Å²) >= 11 is 6.06. The van der Waals surface area contributed by atoms with Crippen LogP contribution in [0.25, 0.3) is 0 Å². The Bertz CT molecular complexity index is 457. The highest BCUT2D eigenvalue weighted by molar-refractivity contribution is 6.33. The zero-order chi connectivity index (χ0) is 13.6. The van der Waals surface area contributed by atoms with E-state index in [0.717, 1.165) is 38.2 Å². The van der Waals surface area contributed by atoms with Gasteiger partial charge in [0.1, 0.15) is 5.82 Å². The Hall–Kier alpha value is -0.870. The van der Waals surface area contributed by atoms with Crippen LogP contribution in [0.2, 0.25) is 5.02 Å². The molecule has 0 aliphatic carbocycles. The summed E-state index contributed by atoms with van der Waals surface area (Å²) in [6.45, 7) is 0. The molecule has 1 aromatic carbocycles. The number of nitrogens with zero attached hydrogens (tertiary/aromatic N) is 1. The predicted octanol–water partition coefficient (Wildman–Crippen LogP) is 3.47. The molecule has 2 atom stereocenters. The summed E-state index contributed by atoms with van der Waals surface area (Å²) < 4.78 is 27.3. The van der Waals surface area contributed by atoms with E-state index in [9.17, 15) is 8.78 Å². The first-order valence-corrected chi connectivity index (χ1v) is 7.12. The third kappa shape index (κ3) is 2.32. The lowest BCUT2D eigenvalue weighted by Gasteiger charge is -2.49. The van der Waals surface area contributed by atoms with E-state index in [-0.39, 0.29) is 23.1 Å². The SMILES string of the molecule is NC1CC2CCCC(C1)N2c1c(F)cc(F)cc1Cl. The summed E-state index contributed by atoms with van der Waals surface area (Å²) in [5.74, 6) is -1.21. The second-order valence-corrected chi connectivity index (χ2v) is 6.00. The van der Waals surface area contributed by atoms with Crippen molar-refractivity contribution in [3.05, 3.63) is 28.8 Å². The maximum atomic E-state index is 14.1. The van der Waals surface area contributed by atoms with Crippen molar-refractivity contribution < 1.29 is 8.78 Å². The zero-order valence-electron chi connectivity index (χ0n) is 10.6. The Kier molecular flexibility index (Phi) is 3.39. The van der Waals surface area contributed by atoms with Crippen LogP contribution in [0.1, 0.15) is 32.1 Å². The molecule has 2 N–H and O–H groups in total. The largest absolute Gasteiger partial charge is 0.362 e. The Morgan fingerprint density at radius 1 is 1.16 bits per heavy atom. The van der Waals surface area contributed by atoms with Crippen molar-refractivity contribution in [1.29, 1.82) is 0 Å². The van der Waals surface area contributed by atoms with Crippen molar-refractivity contribution in [1.82, 2.24) is 0 Å². The van der Waals surface area contributed by atoms with Gasteiger partial charge in [0.2, 0.25) is 0 Å². The Balaban J connectivity index is 2.02. The molecule has 0 amide bonds. The average molecular weight is 287 g/mol. The van der Waals surface area contributed by atoms with Crippen molar-refractivity contribution in [2.75, 3.05) is 4.90 Å². The summed E-state index contributed by atoms with van der Waals surface area (Å²) in [5, 5.41) is 0.157. The number of fused-ring (bicyclic) bond motifs is 2. The van der Waals surface area contributed by atoms with Crippen molar-refractivity contribution in [2.45, 2.75) is 50.2 Å². The maximum Gasteiger partial charge on any atom is 0.150 e. The van der Waals surface area contributed by atoms with Gasteiger partial charge >= 0.3 is 0 Å². The number of piperidine rings is 2. The van der Waals surface area contributed by atoms with Gasteiger partial charge in [-0.15, -0.1) is 0 Å². The second kappa shape index (κ2) is 4.91. The normalized spacial score (nSPS) is 30.5. The summed E-state index contributed by atoms with van der Waals surface area (Å²) in [4.78, 5) is 2.05. The van der Waals surface area contributed by atoms with Gasteiger partial charge in [-0.3, -0.25) is 0 Å². The second-order valence-electron chi connectivity index (χ2n) is 5.60. The van der Waals surface area contributed by atoms with Crippen molar-refractivity contribution in [3.8, 4) is 0 Å². The minimum absolute atomic E-state index is 0.157. The van der Waals surface area contributed by atoms with E-state index in [4.69, 9.17) is 17.3 Å². The number of hydrogen-bond donors (Lipinski definition) is 1. The summed E-state index contributed by atoms with van der Waals surface area (Å²) in [5.41, 5.74) is 6.40. The van der Waals surface area contributed by atoms with Gasteiger partial charge in [0.15, 0.2) is 5.82 Å². The van der Waals surface area contributed by atoms with Gasteiger partial charge in [-0.1, -0.05) is 11.6 Å². The highest BCUT2D eigenvalue weighted by Gasteiger charge is 2.39.